The standard InChI is InChI=1S/C16H19NO4/c1-21-13-5-9-7-17-3-2-8-4-12(19)16(20)14(15(8)17)10(9)6-11(13)18/h4-6,12,14-16,18-20H,2-3,7H2,1H3/t12-,14-,15?,16+/m0/s1. The van der Waals surface area contributed by atoms with Gasteiger partial charge >= 0.3 is 0 Å². The van der Waals surface area contributed by atoms with Gasteiger partial charge in [-0.25, -0.2) is 0 Å². The zero-order valence-corrected chi connectivity index (χ0v) is 11.9. The lowest BCUT2D eigenvalue weighted by Crippen LogP contribution is -2.49. The predicted molar refractivity (Wildman–Crippen MR) is 76.3 cm³/mol. The Balaban J connectivity index is 1.88. The molecular weight excluding hydrogens is 270 g/mol. The first-order valence-corrected chi connectivity index (χ1v) is 7.30. The van der Waals surface area contributed by atoms with Gasteiger partial charge in [-0.3, -0.25) is 4.90 Å². The fourth-order valence-corrected chi connectivity index (χ4v) is 4.14. The predicted octanol–water partition coefficient (Wildman–Crippen LogP) is 0.734. The van der Waals surface area contributed by atoms with Crippen LogP contribution in [0.5, 0.6) is 11.5 Å². The number of phenols is 1. The van der Waals surface area contributed by atoms with E-state index in [2.05, 4.69) is 4.90 Å². The second-order valence-corrected chi connectivity index (χ2v) is 6.14. The normalized spacial score (nSPS) is 34.1. The van der Waals surface area contributed by atoms with E-state index in [1.807, 2.05) is 6.07 Å². The Labute approximate surface area is 123 Å². The minimum atomic E-state index is -0.841. The molecule has 2 heterocycles. The van der Waals surface area contributed by atoms with Crippen LogP contribution in [0.2, 0.25) is 0 Å². The molecule has 21 heavy (non-hydrogen) atoms. The Morgan fingerprint density at radius 2 is 2.10 bits per heavy atom. The summed E-state index contributed by atoms with van der Waals surface area (Å²) in [5, 5.41) is 30.6. The lowest BCUT2D eigenvalue weighted by atomic mass is 9.73. The summed E-state index contributed by atoms with van der Waals surface area (Å²) >= 11 is 0. The van der Waals surface area contributed by atoms with Crippen molar-refractivity contribution >= 4 is 0 Å². The van der Waals surface area contributed by atoms with Crippen LogP contribution in [0.3, 0.4) is 0 Å². The first kappa shape index (κ1) is 13.1. The lowest BCUT2D eigenvalue weighted by molar-refractivity contribution is -0.00162. The molecule has 112 valence electrons. The number of fused-ring (bicyclic) bond motifs is 2. The van der Waals surface area contributed by atoms with Crippen molar-refractivity contribution in [3.63, 3.8) is 0 Å². The average molecular weight is 289 g/mol. The Kier molecular flexibility index (Phi) is 2.79. The van der Waals surface area contributed by atoms with E-state index in [0.717, 1.165) is 30.6 Å². The highest BCUT2D eigenvalue weighted by molar-refractivity contribution is 5.51. The van der Waals surface area contributed by atoms with Crippen molar-refractivity contribution in [3.8, 4) is 11.5 Å². The third kappa shape index (κ3) is 1.75. The molecule has 0 saturated carbocycles. The first-order valence-electron chi connectivity index (χ1n) is 7.30. The van der Waals surface area contributed by atoms with Crippen molar-refractivity contribution in [2.24, 2.45) is 0 Å². The number of methoxy groups -OCH3 is 1. The molecule has 0 aromatic heterocycles. The molecule has 5 heteroatoms. The summed E-state index contributed by atoms with van der Waals surface area (Å²) in [5.41, 5.74) is 3.19. The van der Waals surface area contributed by atoms with Gasteiger partial charge in [0, 0.05) is 25.0 Å². The topological polar surface area (TPSA) is 73.2 Å². The number of aliphatic hydroxyl groups excluding tert-OH is 2. The molecule has 4 rings (SSSR count). The van der Waals surface area contributed by atoms with E-state index in [1.54, 1.807) is 12.1 Å². The lowest BCUT2D eigenvalue weighted by Gasteiger charge is -2.44. The van der Waals surface area contributed by atoms with Gasteiger partial charge in [-0.1, -0.05) is 11.6 Å². The third-order valence-electron chi connectivity index (χ3n) is 5.08. The molecular formula is C16H19NO4. The molecule has 1 aromatic carbocycles. The van der Waals surface area contributed by atoms with Crippen LogP contribution in [0, 0.1) is 0 Å². The quantitative estimate of drug-likeness (QED) is 0.665. The highest BCUT2D eigenvalue weighted by Crippen LogP contribution is 2.48. The zero-order valence-electron chi connectivity index (χ0n) is 11.9. The highest BCUT2D eigenvalue weighted by Gasteiger charge is 2.48. The SMILES string of the molecule is COc1cc2c(cc1O)[C@H]1C3C(=C[C@H](O)[C@H]1O)CCN3C2. The van der Waals surface area contributed by atoms with Gasteiger partial charge in [0.1, 0.15) is 0 Å². The van der Waals surface area contributed by atoms with E-state index in [9.17, 15) is 15.3 Å². The van der Waals surface area contributed by atoms with Crippen molar-refractivity contribution in [1.29, 1.82) is 0 Å². The minimum absolute atomic E-state index is 0.0838. The number of hydrogen-bond acceptors (Lipinski definition) is 5. The Morgan fingerprint density at radius 1 is 1.29 bits per heavy atom. The third-order valence-corrected chi connectivity index (χ3v) is 5.08. The van der Waals surface area contributed by atoms with Crippen molar-refractivity contribution in [2.75, 3.05) is 13.7 Å². The van der Waals surface area contributed by atoms with Crippen LogP contribution < -0.4 is 4.74 Å². The highest BCUT2D eigenvalue weighted by atomic mass is 16.5. The van der Waals surface area contributed by atoms with Crippen molar-refractivity contribution in [2.45, 2.75) is 37.1 Å². The summed E-state index contributed by atoms with van der Waals surface area (Å²) in [6.07, 6.45) is 1.06. The molecule has 2 aliphatic heterocycles. The van der Waals surface area contributed by atoms with E-state index in [0.29, 0.717) is 5.75 Å². The largest absolute Gasteiger partial charge is 0.504 e. The molecule has 5 nitrogen and oxygen atoms in total. The molecule has 0 bridgehead atoms. The summed E-state index contributed by atoms with van der Waals surface area (Å²) in [7, 11) is 1.53. The number of phenolic OH excluding ortho intramolecular Hbond substituents is 1. The van der Waals surface area contributed by atoms with E-state index in [4.69, 9.17) is 4.74 Å². The number of hydrogen-bond donors (Lipinski definition) is 3. The Morgan fingerprint density at radius 3 is 2.86 bits per heavy atom. The minimum Gasteiger partial charge on any atom is -0.504 e. The zero-order chi connectivity index (χ0) is 14.7. The summed E-state index contributed by atoms with van der Waals surface area (Å²) in [4.78, 5) is 2.34. The molecule has 3 aliphatic rings. The van der Waals surface area contributed by atoms with Crippen LogP contribution in [-0.2, 0) is 6.54 Å². The van der Waals surface area contributed by atoms with Crippen LogP contribution in [-0.4, -0.2) is 52.1 Å². The number of ether oxygens (including phenoxy) is 1. The number of nitrogens with zero attached hydrogens (tertiary/aromatic N) is 1. The van der Waals surface area contributed by atoms with E-state index in [-0.39, 0.29) is 17.7 Å². The molecule has 0 amide bonds. The van der Waals surface area contributed by atoms with E-state index < -0.39 is 12.2 Å². The second-order valence-electron chi connectivity index (χ2n) is 6.14. The maximum atomic E-state index is 10.5. The molecule has 1 aliphatic carbocycles. The van der Waals surface area contributed by atoms with Crippen molar-refractivity contribution < 1.29 is 20.1 Å². The number of aromatic hydroxyl groups is 1. The maximum absolute atomic E-state index is 10.5. The summed E-state index contributed by atoms with van der Waals surface area (Å²) in [5.74, 6) is 0.344. The van der Waals surface area contributed by atoms with Gasteiger partial charge in [0.2, 0.25) is 0 Å². The number of rotatable bonds is 1. The van der Waals surface area contributed by atoms with E-state index in [1.165, 1.54) is 12.7 Å². The van der Waals surface area contributed by atoms with Crippen LogP contribution in [0.4, 0.5) is 0 Å². The Bertz CT molecular complexity index is 627. The monoisotopic (exact) mass is 289 g/mol. The van der Waals surface area contributed by atoms with Crippen molar-refractivity contribution in [3.05, 3.63) is 34.9 Å². The fourth-order valence-electron chi connectivity index (χ4n) is 4.14. The van der Waals surface area contributed by atoms with Gasteiger partial charge in [0.05, 0.1) is 19.3 Å². The molecule has 1 fully saturated rings. The summed E-state index contributed by atoms with van der Waals surface area (Å²) < 4.78 is 5.18. The van der Waals surface area contributed by atoms with Crippen LogP contribution >= 0.6 is 0 Å². The van der Waals surface area contributed by atoms with Crippen molar-refractivity contribution in [1.82, 2.24) is 4.90 Å². The van der Waals surface area contributed by atoms with Crippen LogP contribution in [0.25, 0.3) is 0 Å². The number of aliphatic hydroxyl groups is 2. The smallest absolute Gasteiger partial charge is 0.160 e. The molecule has 1 aromatic rings. The molecule has 4 atom stereocenters. The summed E-state index contributed by atoms with van der Waals surface area (Å²) in [6.45, 7) is 1.72. The molecule has 0 radical (unpaired) electrons. The Hall–Kier alpha value is -1.56. The van der Waals surface area contributed by atoms with Crippen LogP contribution in [0.1, 0.15) is 23.5 Å². The van der Waals surface area contributed by atoms with Gasteiger partial charge in [-0.15, -0.1) is 0 Å². The van der Waals surface area contributed by atoms with Gasteiger partial charge < -0.3 is 20.1 Å². The van der Waals surface area contributed by atoms with Gasteiger partial charge in [0.25, 0.3) is 0 Å². The molecule has 3 N–H and O–H groups in total. The maximum Gasteiger partial charge on any atom is 0.160 e. The van der Waals surface area contributed by atoms with E-state index >= 15 is 0 Å². The fraction of sp³-hybridized carbons (Fsp3) is 0.500. The first-order chi connectivity index (χ1) is 10.1. The second kappa shape index (κ2) is 4.47. The van der Waals surface area contributed by atoms with Gasteiger partial charge in [0.15, 0.2) is 11.5 Å². The molecule has 1 saturated heterocycles. The summed E-state index contributed by atoms with van der Waals surface area (Å²) in [6, 6.07) is 3.67. The average Bonchev–Trinajstić information content (AvgIpc) is 2.86. The molecule has 0 spiro atoms. The molecule has 1 unspecified atom stereocenters. The number of benzene rings is 1. The van der Waals surface area contributed by atoms with Gasteiger partial charge in [-0.05, 0) is 29.7 Å². The van der Waals surface area contributed by atoms with Gasteiger partial charge in [-0.2, -0.15) is 0 Å². The van der Waals surface area contributed by atoms with Crippen LogP contribution in [0.15, 0.2) is 23.8 Å².